The molecule has 12 heteroatoms. The number of fused-ring (bicyclic) bond motifs is 4. The van der Waals surface area contributed by atoms with E-state index in [-0.39, 0.29) is 22.7 Å². The molecule has 5 aromatic rings. The topological polar surface area (TPSA) is 119 Å². The molecule has 1 aromatic carbocycles. The third-order valence-corrected chi connectivity index (χ3v) is 7.83. The number of benzene rings is 1. The number of carboxylic acids is 1. The number of hydrogen-bond acceptors (Lipinski definition) is 7. The predicted molar refractivity (Wildman–Crippen MR) is 155 cm³/mol. The standard InChI is InChI=1S/C29H29F2N7O3/c1-32-24-22(31)20(30)9-16-21-25(38-7-5-6-15(38)12-36(2)3)18(11-33-27(21)35-23(16)24)14-8-17-26(39)19(29(40)41)13-37(4)28(17)34-10-14/h8-11,13,15,32H,5-7,12H2,1-4H3,(H,33,35)(H,40,41)/t15-/m0/s1. The van der Waals surface area contributed by atoms with Crippen molar-refractivity contribution in [3.63, 3.8) is 0 Å². The van der Waals surface area contributed by atoms with E-state index in [0.29, 0.717) is 38.7 Å². The number of nitrogens with one attached hydrogen (secondary N) is 2. The third-order valence-electron chi connectivity index (χ3n) is 7.83. The fourth-order valence-corrected chi connectivity index (χ4v) is 6.07. The minimum absolute atomic E-state index is 0.00818. The van der Waals surface area contributed by atoms with Gasteiger partial charge in [-0.2, -0.15) is 0 Å². The average Bonchev–Trinajstić information content (AvgIpc) is 3.54. The van der Waals surface area contributed by atoms with Crippen molar-refractivity contribution in [1.82, 2.24) is 24.4 Å². The maximum Gasteiger partial charge on any atom is 0.341 e. The van der Waals surface area contributed by atoms with Gasteiger partial charge in [0.25, 0.3) is 0 Å². The van der Waals surface area contributed by atoms with E-state index in [1.54, 1.807) is 25.5 Å². The molecule has 1 fully saturated rings. The van der Waals surface area contributed by atoms with Gasteiger partial charge in [-0.15, -0.1) is 0 Å². The molecule has 212 valence electrons. The zero-order valence-electron chi connectivity index (χ0n) is 23.0. The van der Waals surface area contributed by atoms with Crippen molar-refractivity contribution in [2.75, 3.05) is 44.4 Å². The second-order valence-electron chi connectivity index (χ2n) is 10.7. The summed E-state index contributed by atoms with van der Waals surface area (Å²) in [6, 6.07) is 2.95. The normalized spacial score (nSPS) is 15.6. The van der Waals surface area contributed by atoms with Gasteiger partial charge in [0.1, 0.15) is 16.9 Å². The number of H-pyrrole nitrogens is 1. The monoisotopic (exact) mass is 561 g/mol. The Morgan fingerprint density at radius 1 is 1.22 bits per heavy atom. The molecule has 5 heterocycles. The first kappa shape index (κ1) is 26.6. The quantitative estimate of drug-likeness (QED) is 0.283. The summed E-state index contributed by atoms with van der Waals surface area (Å²) in [6.45, 7) is 1.50. The van der Waals surface area contributed by atoms with Gasteiger partial charge in [-0.3, -0.25) is 4.79 Å². The molecule has 0 unspecified atom stereocenters. The van der Waals surface area contributed by atoms with E-state index >= 15 is 0 Å². The van der Waals surface area contributed by atoms with Crippen LogP contribution in [-0.4, -0.2) is 75.8 Å². The number of anilines is 2. The van der Waals surface area contributed by atoms with Crippen molar-refractivity contribution >= 4 is 50.3 Å². The van der Waals surface area contributed by atoms with E-state index in [1.807, 2.05) is 14.1 Å². The molecule has 1 atom stereocenters. The zero-order valence-corrected chi connectivity index (χ0v) is 23.0. The maximum atomic E-state index is 14.9. The van der Waals surface area contributed by atoms with Gasteiger partial charge >= 0.3 is 5.97 Å². The largest absolute Gasteiger partial charge is 0.477 e. The summed E-state index contributed by atoms with van der Waals surface area (Å²) in [7, 11) is 7.18. The fourth-order valence-electron chi connectivity index (χ4n) is 6.07. The second kappa shape index (κ2) is 9.81. The van der Waals surface area contributed by atoms with Crippen LogP contribution in [-0.2, 0) is 7.05 Å². The molecule has 0 radical (unpaired) electrons. The molecule has 0 saturated carbocycles. The highest BCUT2D eigenvalue weighted by Gasteiger charge is 2.31. The summed E-state index contributed by atoms with van der Waals surface area (Å²) >= 11 is 0. The van der Waals surface area contributed by atoms with Crippen LogP contribution in [0.15, 0.2) is 35.5 Å². The van der Waals surface area contributed by atoms with Crippen LogP contribution in [0.2, 0.25) is 0 Å². The second-order valence-corrected chi connectivity index (χ2v) is 10.7. The predicted octanol–water partition coefficient (Wildman–Crippen LogP) is 4.18. The van der Waals surface area contributed by atoms with E-state index in [4.69, 9.17) is 0 Å². The first-order chi connectivity index (χ1) is 19.6. The molecule has 41 heavy (non-hydrogen) atoms. The SMILES string of the molecule is CNc1c(F)c(F)cc2c1[nH]c1ncc(-c3cnc4c(c3)c(=O)c(C(=O)O)cn4C)c(N3CCC[C@H]3CN(C)C)c12. The summed E-state index contributed by atoms with van der Waals surface area (Å²) in [5.74, 6) is -3.29. The minimum Gasteiger partial charge on any atom is -0.477 e. The molecule has 0 aliphatic carbocycles. The number of aromatic nitrogens is 4. The smallest absolute Gasteiger partial charge is 0.341 e. The van der Waals surface area contributed by atoms with Gasteiger partial charge < -0.3 is 29.8 Å². The molecule has 1 aliphatic heterocycles. The molecular weight excluding hydrogens is 532 g/mol. The number of rotatable bonds is 6. The highest BCUT2D eigenvalue weighted by molar-refractivity contribution is 6.18. The number of aryl methyl sites for hydroxylation is 1. The molecule has 1 aliphatic rings. The molecule has 4 aromatic heterocycles. The highest BCUT2D eigenvalue weighted by Crippen LogP contribution is 2.44. The van der Waals surface area contributed by atoms with Crippen molar-refractivity contribution in [1.29, 1.82) is 0 Å². The Hall–Kier alpha value is -4.58. The third kappa shape index (κ3) is 4.17. The molecule has 0 amide bonds. The summed E-state index contributed by atoms with van der Waals surface area (Å²) in [6.07, 6.45) is 6.42. The van der Waals surface area contributed by atoms with Crippen molar-refractivity contribution in [2.45, 2.75) is 18.9 Å². The number of aromatic carboxylic acids is 1. The van der Waals surface area contributed by atoms with Gasteiger partial charge in [0.05, 0.1) is 27.7 Å². The summed E-state index contributed by atoms with van der Waals surface area (Å²) in [5, 5.41) is 13.6. The van der Waals surface area contributed by atoms with Crippen LogP contribution in [0.25, 0.3) is 44.1 Å². The lowest BCUT2D eigenvalue weighted by Crippen LogP contribution is -2.38. The van der Waals surface area contributed by atoms with E-state index in [1.165, 1.54) is 23.9 Å². The van der Waals surface area contributed by atoms with Gasteiger partial charge in [-0.25, -0.2) is 23.5 Å². The minimum atomic E-state index is -1.32. The number of nitrogens with zero attached hydrogens (tertiary/aromatic N) is 5. The van der Waals surface area contributed by atoms with Crippen LogP contribution in [0, 0.1) is 11.6 Å². The number of halogens is 2. The van der Waals surface area contributed by atoms with E-state index in [0.717, 1.165) is 31.6 Å². The van der Waals surface area contributed by atoms with E-state index < -0.39 is 23.0 Å². The van der Waals surface area contributed by atoms with Crippen LogP contribution in [0.4, 0.5) is 20.2 Å². The van der Waals surface area contributed by atoms with Crippen LogP contribution in [0.3, 0.4) is 0 Å². The molecule has 10 nitrogen and oxygen atoms in total. The van der Waals surface area contributed by atoms with Crippen molar-refractivity contribution in [3.8, 4) is 11.1 Å². The van der Waals surface area contributed by atoms with Crippen LogP contribution in [0.1, 0.15) is 23.2 Å². The number of likely N-dealkylation sites (N-methyl/N-ethyl adjacent to an activating group) is 1. The Labute approximate surface area is 233 Å². The molecule has 6 rings (SSSR count). The Morgan fingerprint density at radius 3 is 2.71 bits per heavy atom. The maximum absolute atomic E-state index is 14.9. The Kier molecular flexibility index (Phi) is 6.37. The molecule has 3 N–H and O–H groups in total. The van der Waals surface area contributed by atoms with E-state index in [2.05, 4.69) is 30.1 Å². The molecule has 0 bridgehead atoms. The lowest BCUT2D eigenvalue weighted by molar-refractivity contribution is 0.0695. The summed E-state index contributed by atoms with van der Waals surface area (Å²) in [4.78, 5) is 41.6. The van der Waals surface area contributed by atoms with Crippen LogP contribution >= 0.6 is 0 Å². The lowest BCUT2D eigenvalue weighted by atomic mass is 10.0. The molecular formula is C29H29F2N7O3. The molecule has 0 spiro atoms. The van der Waals surface area contributed by atoms with Gasteiger partial charge in [-0.1, -0.05) is 0 Å². The van der Waals surface area contributed by atoms with Gasteiger partial charge in [0.15, 0.2) is 11.6 Å². The van der Waals surface area contributed by atoms with Crippen molar-refractivity contribution in [3.05, 3.63) is 58.1 Å². The number of carbonyl (C=O) groups is 1. The first-order valence-corrected chi connectivity index (χ1v) is 13.2. The van der Waals surface area contributed by atoms with E-state index in [9.17, 15) is 23.5 Å². The number of hydrogen-bond donors (Lipinski definition) is 3. The Bertz CT molecular complexity index is 1930. The lowest BCUT2D eigenvalue weighted by Gasteiger charge is -2.31. The van der Waals surface area contributed by atoms with Crippen LogP contribution < -0.4 is 15.6 Å². The number of aromatic amines is 1. The molecule has 1 saturated heterocycles. The Balaban J connectivity index is 1.70. The van der Waals surface area contributed by atoms with Gasteiger partial charge in [-0.05, 0) is 39.1 Å². The fraction of sp³-hybridized carbons (Fsp3) is 0.310. The van der Waals surface area contributed by atoms with Crippen molar-refractivity contribution in [2.24, 2.45) is 7.05 Å². The number of pyridine rings is 3. The van der Waals surface area contributed by atoms with Crippen molar-refractivity contribution < 1.29 is 18.7 Å². The van der Waals surface area contributed by atoms with Gasteiger partial charge in [0, 0.05) is 68.3 Å². The summed E-state index contributed by atoms with van der Waals surface area (Å²) in [5.41, 5.74) is 2.20. The first-order valence-electron chi connectivity index (χ1n) is 13.2. The number of carboxylic acid groups (broad SMARTS) is 1. The Morgan fingerprint density at radius 2 is 2.00 bits per heavy atom. The summed E-state index contributed by atoms with van der Waals surface area (Å²) < 4.78 is 31.1. The average molecular weight is 562 g/mol. The highest BCUT2D eigenvalue weighted by atomic mass is 19.2. The van der Waals surface area contributed by atoms with Crippen LogP contribution in [0.5, 0.6) is 0 Å². The van der Waals surface area contributed by atoms with Gasteiger partial charge in [0.2, 0.25) is 5.43 Å². The zero-order chi connectivity index (χ0) is 29.2.